The van der Waals surface area contributed by atoms with Crippen molar-refractivity contribution in [3.63, 3.8) is 0 Å². The summed E-state index contributed by atoms with van der Waals surface area (Å²) in [4.78, 5) is 21.4. The van der Waals surface area contributed by atoms with Crippen LogP contribution < -0.4 is 4.74 Å². The number of furan rings is 2. The number of allylic oxidation sites excluding steroid dienone is 2. The minimum absolute atomic E-state index is 0.104. The van der Waals surface area contributed by atoms with Gasteiger partial charge in [0.2, 0.25) is 11.7 Å². The average Bonchev–Trinajstić information content (AvgIpc) is 3.39. The summed E-state index contributed by atoms with van der Waals surface area (Å²) in [6.45, 7) is 3.26. The van der Waals surface area contributed by atoms with Crippen molar-refractivity contribution in [2.24, 2.45) is 0 Å². The molecular formula is C19H14N4O4. The second kappa shape index (κ2) is 5.66. The summed E-state index contributed by atoms with van der Waals surface area (Å²) >= 11 is 0. The molecule has 0 N–H and O–H groups in total. The lowest BCUT2D eigenvalue weighted by atomic mass is 9.85. The number of ketones is 1. The van der Waals surface area contributed by atoms with Gasteiger partial charge in [-0.25, -0.2) is 14.5 Å². The van der Waals surface area contributed by atoms with Crippen LogP contribution in [0, 0.1) is 0 Å². The number of hydrogen-bond donors (Lipinski definition) is 0. The van der Waals surface area contributed by atoms with Gasteiger partial charge in [0.15, 0.2) is 17.2 Å². The van der Waals surface area contributed by atoms with Crippen molar-refractivity contribution in [1.82, 2.24) is 19.6 Å². The highest BCUT2D eigenvalue weighted by Crippen LogP contribution is 2.44. The highest BCUT2D eigenvalue weighted by atomic mass is 16.5. The number of rotatable bonds is 3. The first-order chi connectivity index (χ1) is 13.1. The summed E-state index contributed by atoms with van der Waals surface area (Å²) in [6, 6.07) is 7.15. The topological polar surface area (TPSA) is 95.7 Å². The van der Waals surface area contributed by atoms with Crippen LogP contribution in [-0.2, 0) is 4.79 Å². The normalized spacial score (nSPS) is 16.4. The highest BCUT2D eigenvalue weighted by molar-refractivity contribution is 5.97. The van der Waals surface area contributed by atoms with Crippen LogP contribution in [0.4, 0.5) is 0 Å². The van der Waals surface area contributed by atoms with E-state index in [0.29, 0.717) is 45.8 Å². The summed E-state index contributed by atoms with van der Waals surface area (Å²) in [7, 11) is 0. The highest BCUT2D eigenvalue weighted by Gasteiger charge is 2.37. The molecule has 8 nitrogen and oxygen atoms in total. The fourth-order valence-electron chi connectivity index (χ4n) is 3.44. The van der Waals surface area contributed by atoms with Gasteiger partial charge in [-0.3, -0.25) is 4.79 Å². The number of carbonyl (C=O) groups excluding carboxylic acids is 1. The van der Waals surface area contributed by atoms with Gasteiger partial charge in [-0.05, 0) is 38.1 Å². The molecule has 1 atom stereocenters. The van der Waals surface area contributed by atoms with Crippen LogP contribution in [0.3, 0.4) is 0 Å². The lowest BCUT2D eigenvalue weighted by molar-refractivity contribution is -0.114. The second-order valence-corrected chi connectivity index (χ2v) is 6.22. The molecule has 0 amide bonds. The molecule has 0 bridgehead atoms. The van der Waals surface area contributed by atoms with E-state index in [1.165, 1.54) is 13.3 Å². The number of hydrogen-bond acceptors (Lipinski definition) is 7. The minimum atomic E-state index is -0.480. The molecular weight excluding hydrogens is 348 g/mol. The molecule has 1 aliphatic rings. The molecule has 4 aromatic rings. The SMILES string of the molecule is CC(=O)C1=C(C)Oc2ncn3nc(-c4ccco4)nc3c2C1c1ccco1. The first kappa shape index (κ1) is 15.6. The predicted octanol–water partition coefficient (Wildman–Crippen LogP) is 3.36. The van der Waals surface area contributed by atoms with Crippen LogP contribution in [0.1, 0.15) is 31.1 Å². The Morgan fingerprint density at radius 3 is 2.70 bits per heavy atom. The van der Waals surface area contributed by atoms with Crippen molar-refractivity contribution < 1.29 is 18.4 Å². The molecule has 0 spiro atoms. The minimum Gasteiger partial charge on any atom is -0.468 e. The molecule has 1 unspecified atom stereocenters. The number of fused-ring (bicyclic) bond motifs is 3. The molecule has 5 heterocycles. The zero-order chi connectivity index (χ0) is 18.5. The summed E-state index contributed by atoms with van der Waals surface area (Å²) in [5, 5.41) is 4.43. The zero-order valence-electron chi connectivity index (χ0n) is 14.5. The monoisotopic (exact) mass is 362 g/mol. The van der Waals surface area contributed by atoms with E-state index in [1.54, 1.807) is 42.2 Å². The van der Waals surface area contributed by atoms with Gasteiger partial charge in [-0.15, -0.1) is 5.10 Å². The largest absolute Gasteiger partial charge is 0.468 e. The second-order valence-electron chi connectivity index (χ2n) is 6.22. The van der Waals surface area contributed by atoms with Gasteiger partial charge in [0.05, 0.1) is 24.0 Å². The number of aromatic nitrogens is 4. The van der Waals surface area contributed by atoms with E-state index in [1.807, 2.05) is 6.07 Å². The van der Waals surface area contributed by atoms with Gasteiger partial charge < -0.3 is 13.6 Å². The third-order valence-corrected chi connectivity index (χ3v) is 4.54. The van der Waals surface area contributed by atoms with Crippen LogP contribution >= 0.6 is 0 Å². The molecule has 0 aliphatic carbocycles. The Labute approximate surface area is 153 Å². The summed E-state index contributed by atoms with van der Waals surface area (Å²) in [6.07, 6.45) is 4.66. The molecule has 0 fully saturated rings. The molecule has 0 aromatic carbocycles. The van der Waals surface area contributed by atoms with Crippen LogP contribution in [-0.4, -0.2) is 25.4 Å². The molecule has 5 rings (SSSR count). The lowest BCUT2D eigenvalue weighted by Crippen LogP contribution is -2.21. The summed E-state index contributed by atoms with van der Waals surface area (Å²) in [5.74, 6) is 1.87. The Bertz CT molecular complexity index is 1190. The fraction of sp³-hybridized carbons (Fsp3) is 0.158. The molecule has 0 saturated heterocycles. The van der Waals surface area contributed by atoms with Crippen LogP contribution in [0.25, 0.3) is 17.2 Å². The van der Waals surface area contributed by atoms with E-state index < -0.39 is 5.92 Å². The quantitative estimate of drug-likeness (QED) is 0.551. The van der Waals surface area contributed by atoms with E-state index in [9.17, 15) is 4.79 Å². The van der Waals surface area contributed by atoms with Gasteiger partial charge in [0.1, 0.15) is 17.8 Å². The predicted molar refractivity (Wildman–Crippen MR) is 93.0 cm³/mol. The maximum absolute atomic E-state index is 12.4. The Balaban J connectivity index is 1.80. The Morgan fingerprint density at radius 1 is 1.19 bits per heavy atom. The van der Waals surface area contributed by atoms with Crippen molar-refractivity contribution >= 4 is 11.4 Å². The zero-order valence-corrected chi connectivity index (χ0v) is 14.5. The van der Waals surface area contributed by atoms with Gasteiger partial charge in [-0.2, -0.15) is 0 Å². The van der Waals surface area contributed by atoms with Crippen molar-refractivity contribution in [3.8, 4) is 17.5 Å². The first-order valence-corrected chi connectivity index (χ1v) is 8.35. The molecule has 1 aliphatic heterocycles. The third-order valence-electron chi connectivity index (χ3n) is 4.54. The van der Waals surface area contributed by atoms with E-state index in [-0.39, 0.29) is 5.78 Å². The van der Waals surface area contributed by atoms with E-state index in [2.05, 4.69) is 15.1 Å². The van der Waals surface area contributed by atoms with Gasteiger partial charge in [0.25, 0.3) is 0 Å². The molecule has 27 heavy (non-hydrogen) atoms. The smallest absolute Gasteiger partial charge is 0.228 e. The number of carbonyl (C=O) groups is 1. The number of ether oxygens (including phenoxy) is 1. The molecule has 0 saturated carbocycles. The molecule has 134 valence electrons. The third kappa shape index (κ3) is 2.30. The van der Waals surface area contributed by atoms with E-state index >= 15 is 0 Å². The number of Topliss-reactive ketones (excluding diaryl/α,β-unsaturated/α-hetero) is 1. The van der Waals surface area contributed by atoms with Gasteiger partial charge in [0, 0.05) is 5.57 Å². The van der Waals surface area contributed by atoms with Crippen LogP contribution in [0.15, 0.2) is 63.3 Å². The summed E-state index contributed by atoms with van der Waals surface area (Å²) < 4.78 is 18.4. The first-order valence-electron chi connectivity index (χ1n) is 8.35. The van der Waals surface area contributed by atoms with Crippen LogP contribution in [0.5, 0.6) is 5.88 Å². The van der Waals surface area contributed by atoms with Crippen molar-refractivity contribution in [2.45, 2.75) is 19.8 Å². The Morgan fingerprint density at radius 2 is 2.00 bits per heavy atom. The maximum atomic E-state index is 12.4. The van der Waals surface area contributed by atoms with Crippen molar-refractivity contribution in [1.29, 1.82) is 0 Å². The van der Waals surface area contributed by atoms with Crippen LogP contribution in [0.2, 0.25) is 0 Å². The Hall–Kier alpha value is -3.68. The average molecular weight is 362 g/mol. The standard InChI is InChI=1S/C19H14N4O4/c1-10(24)14-11(2)27-19-16(15(14)12-5-3-7-25-12)18-21-17(13-6-4-8-26-13)22-23(18)9-20-19/h3-9,15H,1-2H3. The number of nitrogens with zero attached hydrogens (tertiary/aromatic N) is 4. The molecule has 0 radical (unpaired) electrons. The van der Waals surface area contributed by atoms with Gasteiger partial charge in [-0.1, -0.05) is 0 Å². The fourth-order valence-corrected chi connectivity index (χ4v) is 3.44. The van der Waals surface area contributed by atoms with Crippen molar-refractivity contribution in [2.75, 3.05) is 0 Å². The lowest BCUT2D eigenvalue weighted by Gasteiger charge is -2.26. The van der Waals surface area contributed by atoms with Gasteiger partial charge >= 0.3 is 0 Å². The van der Waals surface area contributed by atoms with E-state index in [4.69, 9.17) is 13.6 Å². The summed E-state index contributed by atoms with van der Waals surface area (Å²) in [5.41, 5.74) is 1.67. The molecule has 8 heteroatoms. The Kier molecular flexibility index (Phi) is 3.27. The van der Waals surface area contributed by atoms with E-state index in [0.717, 1.165) is 0 Å². The van der Waals surface area contributed by atoms with Crippen molar-refractivity contribution in [3.05, 3.63) is 65.8 Å². The molecule has 4 aromatic heterocycles. The maximum Gasteiger partial charge on any atom is 0.228 e.